The zero-order chi connectivity index (χ0) is 22.0. The van der Waals surface area contributed by atoms with Crippen LogP contribution in [-0.4, -0.2) is 59.0 Å². The van der Waals surface area contributed by atoms with Crippen LogP contribution in [-0.2, 0) is 4.79 Å². The number of anilines is 2. The maximum absolute atomic E-state index is 12.6. The van der Waals surface area contributed by atoms with Crippen LogP contribution in [0.4, 0.5) is 16.3 Å². The fourth-order valence-electron chi connectivity index (χ4n) is 3.84. The van der Waals surface area contributed by atoms with E-state index in [0.29, 0.717) is 18.8 Å². The molecule has 2 N–H and O–H groups in total. The average Bonchev–Trinajstić information content (AvgIpc) is 3.24. The van der Waals surface area contributed by atoms with Crippen molar-refractivity contribution >= 4 is 45.0 Å². The number of carbonyl (C=O) groups is 2. The number of thiophene rings is 1. The number of aryl methyl sites for hydroxylation is 2. The fourth-order valence-corrected chi connectivity index (χ4v) is 4.57. The monoisotopic (exact) mass is 438 g/mol. The van der Waals surface area contributed by atoms with Crippen molar-refractivity contribution in [3.05, 3.63) is 47.1 Å². The molecule has 0 bridgehead atoms. The van der Waals surface area contributed by atoms with Gasteiger partial charge in [0.15, 0.2) is 0 Å². The molecule has 1 aromatic carbocycles. The maximum atomic E-state index is 12.6. The van der Waals surface area contributed by atoms with Gasteiger partial charge < -0.3 is 10.2 Å². The van der Waals surface area contributed by atoms with Gasteiger partial charge in [0, 0.05) is 31.9 Å². The van der Waals surface area contributed by atoms with Gasteiger partial charge in [0.05, 0.1) is 11.4 Å². The van der Waals surface area contributed by atoms with Gasteiger partial charge in [0.25, 0.3) is 0 Å². The Labute approximate surface area is 185 Å². The largest absolute Gasteiger partial charge is 0.353 e. The highest BCUT2D eigenvalue weighted by Gasteiger charge is 2.27. The molecule has 162 valence electrons. The van der Waals surface area contributed by atoms with Gasteiger partial charge in [-0.25, -0.2) is 14.8 Å². The van der Waals surface area contributed by atoms with E-state index in [2.05, 4.69) is 30.4 Å². The smallest absolute Gasteiger partial charge is 0.325 e. The van der Waals surface area contributed by atoms with Crippen LogP contribution in [0.5, 0.6) is 0 Å². The molecule has 9 heteroatoms. The molecule has 1 aliphatic heterocycles. The van der Waals surface area contributed by atoms with Gasteiger partial charge in [0.2, 0.25) is 5.91 Å². The minimum Gasteiger partial charge on any atom is -0.353 e. The van der Waals surface area contributed by atoms with Crippen molar-refractivity contribution in [1.82, 2.24) is 20.2 Å². The lowest BCUT2D eigenvalue weighted by Crippen LogP contribution is -2.55. The summed E-state index contributed by atoms with van der Waals surface area (Å²) in [6, 6.07) is 6.89. The molecule has 0 spiro atoms. The Morgan fingerprint density at radius 3 is 2.61 bits per heavy atom. The van der Waals surface area contributed by atoms with Crippen LogP contribution in [0.25, 0.3) is 10.2 Å². The first-order chi connectivity index (χ1) is 14.9. The molecule has 3 amide bonds. The van der Waals surface area contributed by atoms with Crippen LogP contribution in [0, 0.1) is 13.8 Å². The molecule has 1 fully saturated rings. The fraction of sp³-hybridized carbons (Fsp3) is 0.364. The highest BCUT2D eigenvalue weighted by molar-refractivity contribution is 7.16. The topological polar surface area (TPSA) is 90.5 Å². The summed E-state index contributed by atoms with van der Waals surface area (Å²) in [6.45, 7) is 8.69. The van der Waals surface area contributed by atoms with Gasteiger partial charge in [0.1, 0.15) is 17.0 Å². The summed E-state index contributed by atoms with van der Waals surface area (Å²) in [5, 5.41) is 8.31. The Kier molecular flexibility index (Phi) is 6.15. The van der Waals surface area contributed by atoms with Gasteiger partial charge in [-0.2, -0.15) is 0 Å². The molecule has 1 unspecified atom stereocenters. The van der Waals surface area contributed by atoms with Crippen molar-refractivity contribution < 1.29 is 9.59 Å². The molecule has 4 rings (SSSR count). The first-order valence-corrected chi connectivity index (χ1v) is 11.2. The summed E-state index contributed by atoms with van der Waals surface area (Å²) in [6.07, 6.45) is 1.60. The van der Waals surface area contributed by atoms with E-state index in [-0.39, 0.29) is 5.91 Å². The Morgan fingerprint density at radius 1 is 1.10 bits per heavy atom. The number of nitrogens with zero attached hydrogens (tertiary/aromatic N) is 4. The van der Waals surface area contributed by atoms with Crippen LogP contribution < -0.4 is 15.5 Å². The van der Waals surface area contributed by atoms with Gasteiger partial charge in [-0.15, -0.1) is 11.3 Å². The third-order valence-corrected chi connectivity index (χ3v) is 6.47. The number of piperazine rings is 1. The standard InChI is InChI=1S/C22H26N6O2S/c1-14-4-5-18(15(2)12-14)25-22(30)26-20(29)16(3)27-7-9-28(10-8-27)19-17-6-11-31-21(17)24-13-23-19/h4-6,11-13,16H,7-10H2,1-3H3,(H2,25,26,29,30). The first kappa shape index (κ1) is 21.2. The van der Waals surface area contributed by atoms with Crippen LogP contribution in [0.2, 0.25) is 0 Å². The number of imide groups is 1. The molecule has 0 saturated carbocycles. The predicted molar refractivity (Wildman–Crippen MR) is 124 cm³/mol. The Morgan fingerprint density at radius 2 is 1.87 bits per heavy atom. The highest BCUT2D eigenvalue weighted by Crippen LogP contribution is 2.27. The molecule has 3 aromatic rings. The third kappa shape index (κ3) is 4.67. The molecule has 8 nitrogen and oxygen atoms in total. The van der Waals surface area contributed by atoms with Crippen molar-refractivity contribution in [3.63, 3.8) is 0 Å². The lowest BCUT2D eigenvalue weighted by molar-refractivity contribution is -0.124. The molecule has 1 aliphatic rings. The van der Waals surface area contributed by atoms with Crippen LogP contribution in [0.15, 0.2) is 36.0 Å². The lowest BCUT2D eigenvalue weighted by atomic mass is 10.1. The molecule has 1 atom stereocenters. The number of nitrogens with one attached hydrogen (secondary N) is 2. The minimum atomic E-state index is -0.511. The van der Waals surface area contributed by atoms with Crippen LogP contribution >= 0.6 is 11.3 Å². The zero-order valence-electron chi connectivity index (χ0n) is 17.9. The summed E-state index contributed by atoms with van der Waals surface area (Å²) in [5.41, 5.74) is 2.77. The predicted octanol–water partition coefficient (Wildman–Crippen LogP) is 3.17. The molecular weight excluding hydrogens is 412 g/mol. The van der Waals surface area contributed by atoms with Gasteiger partial charge >= 0.3 is 6.03 Å². The van der Waals surface area contributed by atoms with E-state index >= 15 is 0 Å². The van der Waals surface area contributed by atoms with Crippen molar-refractivity contribution in [3.8, 4) is 0 Å². The second-order valence-electron chi connectivity index (χ2n) is 7.80. The number of hydrogen-bond donors (Lipinski definition) is 2. The Balaban J connectivity index is 1.31. The number of carbonyl (C=O) groups excluding carboxylic acids is 2. The summed E-state index contributed by atoms with van der Waals surface area (Å²) >= 11 is 1.60. The second-order valence-corrected chi connectivity index (χ2v) is 8.69. The van der Waals surface area contributed by atoms with Crippen LogP contribution in [0.3, 0.4) is 0 Å². The zero-order valence-corrected chi connectivity index (χ0v) is 18.7. The summed E-state index contributed by atoms with van der Waals surface area (Å²) < 4.78 is 0. The maximum Gasteiger partial charge on any atom is 0.325 e. The minimum absolute atomic E-state index is 0.307. The quantitative estimate of drug-likeness (QED) is 0.650. The summed E-state index contributed by atoms with van der Waals surface area (Å²) in [7, 11) is 0. The van der Waals surface area contributed by atoms with Crippen molar-refractivity contribution in [2.45, 2.75) is 26.8 Å². The van der Waals surface area contributed by atoms with Crippen molar-refractivity contribution in [2.75, 3.05) is 36.4 Å². The number of fused-ring (bicyclic) bond motifs is 1. The Hall–Kier alpha value is -3.04. The van der Waals surface area contributed by atoms with Crippen molar-refractivity contribution in [1.29, 1.82) is 0 Å². The summed E-state index contributed by atoms with van der Waals surface area (Å²) in [4.78, 5) is 39.0. The average molecular weight is 439 g/mol. The molecule has 2 aromatic heterocycles. The first-order valence-electron chi connectivity index (χ1n) is 10.3. The number of benzene rings is 1. The van der Waals surface area contributed by atoms with E-state index in [4.69, 9.17) is 0 Å². The molecule has 3 heterocycles. The number of urea groups is 1. The van der Waals surface area contributed by atoms with E-state index in [1.807, 2.05) is 50.4 Å². The highest BCUT2D eigenvalue weighted by atomic mass is 32.1. The number of aromatic nitrogens is 2. The number of amides is 3. The van der Waals surface area contributed by atoms with E-state index < -0.39 is 12.1 Å². The van der Waals surface area contributed by atoms with E-state index in [0.717, 1.165) is 40.3 Å². The molecule has 1 saturated heterocycles. The Bertz CT molecular complexity index is 1110. The van der Waals surface area contributed by atoms with E-state index in [1.165, 1.54) is 0 Å². The van der Waals surface area contributed by atoms with Gasteiger partial charge in [-0.05, 0) is 43.8 Å². The molecular formula is C22H26N6O2S. The van der Waals surface area contributed by atoms with Crippen molar-refractivity contribution in [2.24, 2.45) is 0 Å². The summed E-state index contributed by atoms with van der Waals surface area (Å²) in [5.74, 6) is 0.633. The normalized spacial score (nSPS) is 15.6. The second kappa shape index (κ2) is 8.99. The van der Waals surface area contributed by atoms with Gasteiger partial charge in [-0.1, -0.05) is 17.7 Å². The van der Waals surface area contributed by atoms with Gasteiger partial charge in [-0.3, -0.25) is 15.0 Å². The SMILES string of the molecule is Cc1ccc(NC(=O)NC(=O)C(C)N2CCN(c3ncnc4sccc34)CC2)c(C)c1. The third-order valence-electron chi connectivity index (χ3n) is 5.65. The van der Waals surface area contributed by atoms with E-state index in [1.54, 1.807) is 17.7 Å². The molecule has 31 heavy (non-hydrogen) atoms. The van der Waals surface area contributed by atoms with Crippen LogP contribution in [0.1, 0.15) is 18.1 Å². The molecule has 0 radical (unpaired) electrons. The number of rotatable bonds is 4. The molecule has 0 aliphatic carbocycles. The number of hydrogen-bond acceptors (Lipinski definition) is 7. The lowest BCUT2D eigenvalue weighted by Gasteiger charge is -2.38. The van der Waals surface area contributed by atoms with E-state index in [9.17, 15) is 9.59 Å².